The van der Waals surface area contributed by atoms with Gasteiger partial charge in [-0.25, -0.2) is 4.79 Å². The Morgan fingerprint density at radius 3 is 2.39 bits per heavy atom. The maximum atomic E-state index is 10.8. The molecule has 3 nitrogen and oxygen atoms in total. The van der Waals surface area contributed by atoms with Crippen LogP contribution in [0.1, 0.15) is 37.9 Å². The van der Waals surface area contributed by atoms with Crippen molar-refractivity contribution in [2.45, 2.75) is 32.2 Å². The van der Waals surface area contributed by atoms with E-state index in [0.29, 0.717) is 0 Å². The highest BCUT2D eigenvalue weighted by Gasteiger charge is 2.15. The first-order chi connectivity index (χ1) is 10.9. The third-order valence-corrected chi connectivity index (χ3v) is 3.50. The molecule has 0 radical (unpaired) electrons. The van der Waals surface area contributed by atoms with Gasteiger partial charge in [-0.05, 0) is 28.7 Å². The number of anilines is 1. The van der Waals surface area contributed by atoms with Crippen LogP contribution < -0.4 is 5.32 Å². The second-order valence-electron chi connectivity index (χ2n) is 6.39. The van der Waals surface area contributed by atoms with Crippen LogP contribution in [0.3, 0.4) is 0 Å². The normalized spacial score (nSPS) is 12.0. The number of carboxylic acids is 1. The molecule has 0 spiro atoms. The molecule has 0 fully saturated rings. The molecule has 0 aliphatic carbocycles. The SMILES string of the molecule is CC(C)(C)c1cccc(NC(C#CC(=O)O)c2ccccc2)c1. The standard InChI is InChI=1S/C20H21NO2/c1-20(2,3)16-10-7-11-17(14-16)21-18(12-13-19(22)23)15-8-5-4-6-9-15/h4-11,14,18,21H,1-3H3,(H,22,23). The highest BCUT2D eigenvalue weighted by molar-refractivity contribution is 5.86. The van der Waals surface area contributed by atoms with E-state index >= 15 is 0 Å². The van der Waals surface area contributed by atoms with Gasteiger partial charge in [-0.3, -0.25) is 0 Å². The summed E-state index contributed by atoms with van der Waals surface area (Å²) in [5.74, 6) is 3.87. The number of nitrogens with one attached hydrogen (secondary N) is 1. The second kappa shape index (κ2) is 7.02. The van der Waals surface area contributed by atoms with Crippen LogP contribution >= 0.6 is 0 Å². The molecular formula is C20H21NO2. The van der Waals surface area contributed by atoms with Gasteiger partial charge in [0.15, 0.2) is 0 Å². The fourth-order valence-electron chi connectivity index (χ4n) is 2.22. The summed E-state index contributed by atoms with van der Waals surface area (Å²) in [4.78, 5) is 10.8. The Morgan fingerprint density at radius 1 is 1.09 bits per heavy atom. The summed E-state index contributed by atoms with van der Waals surface area (Å²) in [5.41, 5.74) is 3.11. The Labute approximate surface area is 137 Å². The lowest BCUT2D eigenvalue weighted by Crippen LogP contribution is -2.13. The summed E-state index contributed by atoms with van der Waals surface area (Å²) in [6.45, 7) is 6.47. The molecule has 0 bridgehead atoms. The number of hydrogen-bond donors (Lipinski definition) is 2. The predicted octanol–water partition coefficient (Wildman–Crippen LogP) is 4.23. The van der Waals surface area contributed by atoms with Crippen LogP contribution in [0.25, 0.3) is 0 Å². The molecule has 0 aromatic heterocycles. The molecule has 2 rings (SSSR count). The van der Waals surface area contributed by atoms with Crippen molar-refractivity contribution in [3.8, 4) is 11.8 Å². The van der Waals surface area contributed by atoms with Crippen LogP contribution in [0.4, 0.5) is 5.69 Å². The van der Waals surface area contributed by atoms with Gasteiger partial charge in [0.05, 0.1) is 0 Å². The summed E-state index contributed by atoms with van der Waals surface area (Å²) in [6, 6.07) is 17.4. The van der Waals surface area contributed by atoms with Crippen molar-refractivity contribution in [3.05, 3.63) is 65.7 Å². The summed E-state index contributed by atoms with van der Waals surface area (Å²) < 4.78 is 0. The minimum Gasteiger partial charge on any atom is -0.472 e. The van der Waals surface area contributed by atoms with Crippen LogP contribution in [0, 0.1) is 11.8 Å². The number of carbonyl (C=O) groups is 1. The lowest BCUT2D eigenvalue weighted by atomic mass is 9.87. The number of carboxylic acid groups (broad SMARTS) is 1. The van der Waals surface area contributed by atoms with Crippen LogP contribution in [-0.2, 0) is 10.2 Å². The van der Waals surface area contributed by atoms with Crippen LogP contribution in [-0.4, -0.2) is 11.1 Å². The molecule has 0 heterocycles. The largest absolute Gasteiger partial charge is 0.472 e. The Bertz CT molecular complexity index is 733. The van der Waals surface area contributed by atoms with Crippen molar-refractivity contribution in [1.82, 2.24) is 0 Å². The lowest BCUT2D eigenvalue weighted by molar-refractivity contribution is -0.130. The Hall–Kier alpha value is -2.73. The monoisotopic (exact) mass is 307 g/mol. The van der Waals surface area contributed by atoms with E-state index in [1.165, 1.54) is 5.56 Å². The van der Waals surface area contributed by atoms with Gasteiger partial charge in [0.25, 0.3) is 0 Å². The van der Waals surface area contributed by atoms with Gasteiger partial charge in [0.1, 0.15) is 6.04 Å². The molecule has 2 N–H and O–H groups in total. The molecule has 1 unspecified atom stereocenters. The molecule has 2 aromatic rings. The average Bonchev–Trinajstić information content (AvgIpc) is 2.51. The van der Waals surface area contributed by atoms with Gasteiger partial charge < -0.3 is 10.4 Å². The van der Waals surface area contributed by atoms with Crippen molar-refractivity contribution in [2.24, 2.45) is 0 Å². The highest BCUT2D eigenvalue weighted by atomic mass is 16.4. The minimum absolute atomic E-state index is 0.0483. The summed E-state index contributed by atoms with van der Waals surface area (Å²) in [5, 5.41) is 12.2. The van der Waals surface area contributed by atoms with Crippen molar-refractivity contribution in [2.75, 3.05) is 5.32 Å². The molecular weight excluding hydrogens is 286 g/mol. The molecule has 2 aromatic carbocycles. The van der Waals surface area contributed by atoms with E-state index < -0.39 is 5.97 Å². The Morgan fingerprint density at radius 2 is 1.78 bits per heavy atom. The molecule has 0 aliphatic rings. The zero-order valence-corrected chi connectivity index (χ0v) is 13.6. The Kier molecular flexibility index (Phi) is 5.08. The molecule has 0 saturated carbocycles. The highest BCUT2D eigenvalue weighted by Crippen LogP contribution is 2.26. The second-order valence-corrected chi connectivity index (χ2v) is 6.39. The van der Waals surface area contributed by atoms with E-state index in [-0.39, 0.29) is 11.5 Å². The molecule has 0 aliphatic heterocycles. The first-order valence-electron chi connectivity index (χ1n) is 7.53. The smallest absolute Gasteiger partial charge is 0.381 e. The summed E-state index contributed by atoms with van der Waals surface area (Å²) in [7, 11) is 0. The first-order valence-corrected chi connectivity index (χ1v) is 7.53. The number of aliphatic carboxylic acids is 1. The maximum Gasteiger partial charge on any atom is 0.381 e. The fraction of sp³-hybridized carbons (Fsp3) is 0.250. The topological polar surface area (TPSA) is 49.3 Å². The van der Waals surface area contributed by atoms with Crippen molar-refractivity contribution < 1.29 is 9.90 Å². The maximum absolute atomic E-state index is 10.8. The van der Waals surface area contributed by atoms with Gasteiger partial charge in [0, 0.05) is 11.6 Å². The summed E-state index contributed by atoms with van der Waals surface area (Å²) in [6.07, 6.45) is 0. The van der Waals surface area contributed by atoms with E-state index in [9.17, 15) is 4.79 Å². The third-order valence-electron chi connectivity index (χ3n) is 3.50. The van der Waals surface area contributed by atoms with Crippen molar-refractivity contribution >= 4 is 11.7 Å². The lowest BCUT2D eigenvalue weighted by Gasteiger charge is -2.21. The Balaban J connectivity index is 2.32. The van der Waals surface area contributed by atoms with E-state index in [1.807, 2.05) is 42.5 Å². The van der Waals surface area contributed by atoms with E-state index in [4.69, 9.17) is 5.11 Å². The number of benzene rings is 2. The van der Waals surface area contributed by atoms with Gasteiger partial charge in [0.2, 0.25) is 0 Å². The molecule has 1 atom stereocenters. The van der Waals surface area contributed by atoms with Crippen LogP contribution in [0.2, 0.25) is 0 Å². The fourth-order valence-corrected chi connectivity index (χ4v) is 2.22. The quantitative estimate of drug-likeness (QED) is 0.835. The van der Waals surface area contributed by atoms with Gasteiger partial charge in [-0.2, -0.15) is 0 Å². The van der Waals surface area contributed by atoms with Crippen LogP contribution in [0.5, 0.6) is 0 Å². The van der Waals surface area contributed by atoms with E-state index in [0.717, 1.165) is 11.3 Å². The van der Waals surface area contributed by atoms with Gasteiger partial charge >= 0.3 is 5.97 Å². The summed E-state index contributed by atoms with van der Waals surface area (Å²) >= 11 is 0. The minimum atomic E-state index is -1.13. The van der Waals surface area contributed by atoms with E-state index in [2.05, 4.69) is 50.1 Å². The van der Waals surface area contributed by atoms with Gasteiger partial charge in [-0.1, -0.05) is 69.2 Å². The molecule has 23 heavy (non-hydrogen) atoms. The number of hydrogen-bond acceptors (Lipinski definition) is 2. The number of rotatable bonds is 3. The average molecular weight is 307 g/mol. The molecule has 0 amide bonds. The first kappa shape index (κ1) is 16.6. The zero-order chi connectivity index (χ0) is 16.9. The van der Waals surface area contributed by atoms with Gasteiger partial charge in [-0.15, -0.1) is 0 Å². The molecule has 3 heteroatoms. The third kappa shape index (κ3) is 4.89. The zero-order valence-electron chi connectivity index (χ0n) is 13.6. The van der Waals surface area contributed by atoms with Crippen LogP contribution in [0.15, 0.2) is 54.6 Å². The molecule has 0 saturated heterocycles. The van der Waals surface area contributed by atoms with Crippen molar-refractivity contribution in [1.29, 1.82) is 0 Å². The predicted molar refractivity (Wildman–Crippen MR) is 93.4 cm³/mol. The van der Waals surface area contributed by atoms with E-state index in [1.54, 1.807) is 0 Å². The molecule has 118 valence electrons. The van der Waals surface area contributed by atoms with Crippen molar-refractivity contribution in [3.63, 3.8) is 0 Å².